The average molecular weight is 378 g/mol. The van der Waals surface area contributed by atoms with E-state index in [0.717, 1.165) is 42.8 Å². The number of thiophene rings is 1. The van der Waals surface area contributed by atoms with E-state index in [1.165, 1.54) is 15.6 Å². The zero-order chi connectivity index (χ0) is 18.2. The Labute approximate surface area is 162 Å². The van der Waals surface area contributed by atoms with Crippen molar-refractivity contribution in [3.05, 3.63) is 64.5 Å². The zero-order valence-electron chi connectivity index (χ0n) is 15.1. The van der Waals surface area contributed by atoms with Crippen molar-refractivity contribution in [1.82, 2.24) is 10.2 Å². The van der Waals surface area contributed by atoms with Crippen LogP contribution in [0.2, 0.25) is 0 Å². The van der Waals surface area contributed by atoms with Gasteiger partial charge in [-0.3, -0.25) is 4.79 Å². The highest BCUT2D eigenvalue weighted by Gasteiger charge is 2.35. The Hall–Kier alpha value is -2.37. The molecule has 1 saturated heterocycles. The van der Waals surface area contributed by atoms with Crippen molar-refractivity contribution in [2.75, 3.05) is 13.1 Å². The van der Waals surface area contributed by atoms with Gasteiger partial charge in [0.05, 0.1) is 6.54 Å². The van der Waals surface area contributed by atoms with Crippen LogP contribution in [-0.4, -0.2) is 29.9 Å². The largest absolute Gasteiger partial charge is 0.488 e. The van der Waals surface area contributed by atoms with Gasteiger partial charge in [-0.1, -0.05) is 24.3 Å². The highest BCUT2D eigenvalue weighted by molar-refractivity contribution is 7.17. The Balaban J connectivity index is 1.37. The van der Waals surface area contributed by atoms with E-state index in [4.69, 9.17) is 4.74 Å². The Morgan fingerprint density at radius 2 is 2.11 bits per heavy atom. The van der Waals surface area contributed by atoms with Gasteiger partial charge >= 0.3 is 0 Å². The molecular weight excluding hydrogens is 356 g/mol. The number of carbonyl (C=O) groups excluding carboxylic acids is 1. The van der Waals surface area contributed by atoms with Crippen molar-refractivity contribution in [2.24, 2.45) is 0 Å². The zero-order valence-corrected chi connectivity index (χ0v) is 15.9. The van der Waals surface area contributed by atoms with Gasteiger partial charge < -0.3 is 15.0 Å². The van der Waals surface area contributed by atoms with Crippen LogP contribution in [0.5, 0.6) is 5.75 Å². The summed E-state index contributed by atoms with van der Waals surface area (Å²) < 4.78 is 7.48. The lowest BCUT2D eigenvalue weighted by atomic mass is 10.1. The van der Waals surface area contributed by atoms with Gasteiger partial charge in [0.1, 0.15) is 12.4 Å². The molecule has 1 atom stereocenters. The van der Waals surface area contributed by atoms with Crippen molar-refractivity contribution in [3.63, 3.8) is 0 Å². The lowest BCUT2D eigenvalue weighted by molar-refractivity contribution is 0.0674. The van der Waals surface area contributed by atoms with Crippen LogP contribution in [0.1, 0.15) is 34.3 Å². The van der Waals surface area contributed by atoms with E-state index in [1.54, 1.807) is 11.3 Å². The van der Waals surface area contributed by atoms with Crippen LogP contribution in [0.15, 0.2) is 47.8 Å². The van der Waals surface area contributed by atoms with Gasteiger partial charge in [-0.2, -0.15) is 0 Å². The number of nitrogens with zero attached hydrogens (tertiary/aromatic N) is 1. The molecule has 27 heavy (non-hydrogen) atoms. The fourth-order valence-corrected chi connectivity index (χ4v) is 5.10. The first-order valence-electron chi connectivity index (χ1n) is 9.53. The maximum Gasteiger partial charge on any atom is 0.254 e. The van der Waals surface area contributed by atoms with Crippen molar-refractivity contribution in [1.29, 1.82) is 0 Å². The smallest absolute Gasteiger partial charge is 0.254 e. The predicted octanol–water partition coefficient (Wildman–Crippen LogP) is 4.19. The number of nitrogens with one attached hydrogen (secondary N) is 1. The molecule has 138 valence electrons. The van der Waals surface area contributed by atoms with Gasteiger partial charge in [0.15, 0.2) is 0 Å². The summed E-state index contributed by atoms with van der Waals surface area (Å²) in [5.41, 5.74) is 3.03. The van der Waals surface area contributed by atoms with E-state index in [-0.39, 0.29) is 11.9 Å². The Morgan fingerprint density at radius 1 is 1.19 bits per heavy atom. The third-order valence-electron chi connectivity index (χ3n) is 5.61. The van der Waals surface area contributed by atoms with Gasteiger partial charge in [-0.15, -0.1) is 11.3 Å². The summed E-state index contributed by atoms with van der Waals surface area (Å²) in [6.45, 7) is 3.12. The van der Waals surface area contributed by atoms with Crippen LogP contribution in [0.3, 0.4) is 0 Å². The van der Waals surface area contributed by atoms with Crippen LogP contribution in [0.4, 0.5) is 0 Å². The SMILES string of the molecule is O=C1c2cccc(OCc3csc4ccccc34)c2CN1C1CCCNC1. The Morgan fingerprint density at radius 3 is 3.00 bits per heavy atom. The van der Waals surface area contributed by atoms with Crippen molar-refractivity contribution >= 4 is 27.3 Å². The second-order valence-electron chi connectivity index (χ2n) is 7.26. The summed E-state index contributed by atoms with van der Waals surface area (Å²) in [7, 11) is 0. The van der Waals surface area contributed by atoms with Crippen LogP contribution in [-0.2, 0) is 13.2 Å². The minimum Gasteiger partial charge on any atom is -0.488 e. The molecular formula is C22H22N2O2S. The summed E-state index contributed by atoms with van der Waals surface area (Å²) in [4.78, 5) is 14.9. The number of hydrogen-bond acceptors (Lipinski definition) is 4. The number of piperidine rings is 1. The molecule has 2 aliphatic heterocycles. The normalized spacial score (nSPS) is 19.5. The minimum absolute atomic E-state index is 0.144. The summed E-state index contributed by atoms with van der Waals surface area (Å²) >= 11 is 1.74. The molecule has 5 heteroatoms. The fraction of sp³-hybridized carbons (Fsp3) is 0.318. The van der Waals surface area contributed by atoms with Gasteiger partial charge in [0.2, 0.25) is 0 Å². The summed E-state index contributed by atoms with van der Waals surface area (Å²) in [6, 6.07) is 14.5. The standard InChI is InChI=1S/C22H22N2O2S/c25-22-18-7-3-8-20(19(18)12-24(22)16-5-4-10-23-11-16)26-13-15-14-27-21-9-2-1-6-17(15)21/h1-3,6-9,14,16,23H,4-5,10-13H2. The number of hydrogen-bond donors (Lipinski definition) is 1. The van der Waals surface area contributed by atoms with Gasteiger partial charge in [-0.25, -0.2) is 0 Å². The van der Waals surface area contributed by atoms with E-state index in [9.17, 15) is 4.79 Å². The highest BCUT2D eigenvalue weighted by atomic mass is 32.1. The maximum absolute atomic E-state index is 12.9. The van der Waals surface area contributed by atoms with Crippen LogP contribution in [0.25, 0.3) is 10.1 Å². The van der Waals surface area contributed by atoms with E-state index < -0.39 is 0 Å². The molecule has 0 bridgehead atoms. The molecule has 1 fully saturated rings. The number of ether oxygens (including phenoxy) is 1. The van der Waals surface area contributed by atoms with Crippen molar-refractivity contribution in [2.45, 2.75) is 32.0 Å². The number of rotatable bonds is 4. The van der Waals surface area contributed by atoms with E-state index >= 15 is 0 Å². The Bertz CT molecular complexity index is 991. The summed E-state index contributed by atoms with van der Waals surface area (Å²) in [5.74, 6) is 0.979. The predicted molar refractivity (Wildman–Crippen MR) is 108 cm³/mol. The molecule has 2 aliphatic rings. The molecule has 1 N–H and O–H groups in total. The van der Waals surface area contributed by atoms with Crippen molar-refractivity contribution < 1.29 is 9.53 Å². The molecule has 4 nitrogen and oxygen atoms in total. The first-order chi connectivity index (χ1) is 13.3. The van der Waals surface area contributed by atoms with Gasteiger partial charge in [0.25, 0.3) is 5.91 Å². The summed E-state index contributed by atoms with van der Waals surface area (Å²) in [6.07, 6.45) is 2.20. The van der Waals surface area contributed by atoms with E-state index in [1.807, 2.05) is 23.1 Å². The molecule has 0 radical (unpaired) electrons. The number of fused-ring (bicyclic) bond motifs is 2. The quantitative estimate of drug-likeness (QED) is 0.740. The molecule has 1 unspecified atom stereocenters. The molecule has 0 aliphatic carbocycles. The maximum atomic E-state index is 12.9. The van der Waals surface area contributed by atoms with Crippen molar-refractivity contribution in [3.8, 4) is 5.75 Å². The first kappa shape index (κ1) is 16.8. The topological polar surface area (TPSA) is 41.6 Å². The van der Waals surface area contributed by atoms with Gasteiger partial charge in [0, 0.05) is 34.0 Å². The number of carbonyl (C=O) groups is 1. The number of amides is 1. The molecule has 1 aromatic heterocycles. The van der Waals surface area contributed by atoms with E-state index in [0.29, 0.717) is 13.2 Å². The molecule has 3 aromatic rings. The monoisotopic (exact) mass is 378 g/mol. The van der Waals surface area contributed by atoms with Crippen LogP contribution < -0.4 is 10.1 Å². The van der Waals surface area contributed by atoms with Gasteiger partial charge in [-0.05, 0) is 48.4 Å². The lowest BCUT2D eigenvalue weighted by Gasteiger charge is -2.31. The third kappa shape index (κ3) is 3.01. The average Bonchev–Trinajstić information content (AvgIpc) is 3.29. The molecule has 1 amide bonds. The number of benzene rings is 2. The molecule has 0 spiro atoms. The third-order valence-corrected chi connectivity index (χ3v) is 6.62. The highest BCUT2D eigenvalue weighted by Crippen LogP contribution is 2.34. The fourth-order valence-electron chi connectivity index (χ4n) is 4.16. The molecule has 2 aromatic carbocycles. The molecule has 5 rings (SSSR count). The van der Waals surface area contributed by atoms with Crippen LogP contribution >= 0.6 is 11.3 Å². The first-order valence-corrected chi connectivity index (χ1v) is 10.4. The second-order valence-corrected chi connectivity index (χ2v) is 8.17. The molecule has 0 saturated carbocycles. The lowest BCUT2D eigenvalue weighted by Crippen LogP contribution is -2.46. The van der Waals surface area contributed by atoms with Crippen LogP contribution in [0, 0.1) is 0 Å². The second kappa shape index (κ2) is 6.98. The Kier molecular flexibility index (Phi) is 4.34. The van der Waals surface area contributed by atoms with E-state index in [2.05, 4.69) is 35.0 Å². The molecule has 3 heterocycles. The summed E-state index contributed by atoms with van der Waals surface area (Å²) in [5, 5.41) is 6.83. The minimum atomic E-state index is 0.144.